The number of nitrogens with two attached hydrogens (primary N) is 1. The van der Waals surface area contributed by atoms with Crippen molar-refractivity contribution in [2.75, 3.05) is 158 Å². The number of nitrogens with zero attached hydrogens (tertiary/aromatic N) is 2. The van der Waals surface area contributed by atoms with Gasteiger partial charge in [-0.3, -0.25) is 23.8 Å². The number of halogens is 4. The number of rotatable bonds is 47. The second-order valence-electron chi connectivity index (χ2n) is 15.7. The lowest BCUT2D eigenvalue weighted by Crippen LogP contribution is -2.34. The molecule has 0 unspecified atom stereocenters. The third-order valence-corrected chi connectivity index (χ3v) is 10.6. The van der Waals surface area contributed by atoms with Crippen molar-refractivity contribution < 1.29 is 102 Å². The highest BCUT2D eigenvalue weighted by molar-refractivity contribution is 7.85. The number of hydrogen-bond donors (Lipinski definition) is 5. The molecule has 0 bridgehead atoms. The number of benzene rings is 1. The molecule has 1 aromatic carbocycles. The van der Waals surface area contributed by atoms with Crippen LogP contribution >= 0.6 is 0 Å². The molecule has 0 aliphatic carbocycles. The van der Waals surface area contributed by atoms with E-state index in [9.17, 15) is 40.4 Å². The van der Waals surface area contributed by atoms with Crippen LogP contribution in [0.2, 0.25) is 0 Å². The van der Waals surface area contributed by atoms with E-state index in [1.54, 1.807) is 6.08 Å². The monoisotopic (exact) mass is 1120 g/mol. The molecule has 0 aromatic heterocycles. The van der Waals surface area contributed by atoms with Crippen molar-refractivity contribution in [1.29, 1.82) is 5.41 Å². The lowest BCUT2D eigenvalue weighted by atomic mass is 10.1. The van der Waals surface area contributed by atoms with Crippen LogP contribution in [-0.2, 0) is 76.7 Å². The lowest BCUT2D eigenvalue weighted by molar-refractivity contribution is -0.180. The number of nitrogens with one attached hydrogen (secondary N) is 3. The molecule has 0 radical (unpaired) electrons. The molecule has 0 saturated carbocycles. The predicted molar refractivity (Wildman–Crippen MR) is 263 cm³/mol. The number of hydrogen-bond acceptors (Lipinski definition) is 21. The Morgan fingerprint density at radius 2 is 1.11 bits per heavy atom. The SMILES string of the molecule is CCCN(OCC)C(=O)C1=CC(NCCCCNC(=O)CCOCCOCCOCCOCCOCCOCCOCCOCCOCCOCCC(=O)Oc2c(F)c(F)c(S(=O)(=O)O)c(F)c2F)=C(C=N)N=C(N)C1. The molecule has 2 amide bonds. The molecule has 6 N–H and O–H groups in total. The number of ether oxygens (including phenoxy) is 11. The summed E-state index contributed by atoms with van der Waals surface area (Å²) in [7, 11) is -5.65. The van der Waals surface area contributed by atoms with Gasteiger partial charge in [-0.2, -0.15) is 17.2 Å². The van der Waals surface area contributed by atoms with Gasteiger partial charge in [0.15, 0.2) is 16.5 Å². The summed E-state index contributed by atoms with van der Waals surface area (Å²) >= 11 is 0. The predicted octanol–water partition coefficient (Wildman–Crippen LogP) is 2.57. The van der Waals surface area contributed by atoms with Gasteiger partial charge in [-0.1, -0.05) is 6.92 Å². The standard InChI is InChI=1S/C47H74F4N6O18S/c1-3-11-57(74-4-2)47(60)35-32-36(37(34-52)56-38(53)33-35)54-9-5-6-10-55-39(58)7-12-64-14-16-66-18-20-68-22-24-70-26-28-72-30-31-73-29-27-71-25-23-69-21-19-67-17-15-65-13-8-40(59)75-45-41(48)43(50)46(76(61,62)63)44(51)42(45)49/h32,34,52,54H,3-31,33H2,1-2H3,(H2,53,56)(H,55,58)(H,61,62,63). The van der Waals surface area contributed by atoms with Gasteiger partial charge in [0.1, 0.15) is 11.5 Å². The van der Waals surface area contributed by atoms with Crippen LogP contribution in [0.15, 0.2) is 32.9 Å². The molecule has 76 heavy (non-hydrogen) atoms. The summed E-state index contributed by atoms with van der Waals surface area (Å²) in [5.74, 6) is -12.9. The van der Waals surface area contributed by atoms with Gasteiger partial charge >= 0.3 is 16.1 Å². The molecule has 1 heterocycles. The molecule has 434 valence electrons. The minimum absolute atomic E-state index is 0.0163. The smallest absolute Gasteiger partial charge is 0.313 e. The number of amides is 2. The Labute approximate surface area is 440 Å². The molecule has 0 spiro atoms. The van der Waals surface area contributed by atoms with E-state index >= 15 is 0 Å². The number of aliphatic imine (C=N–C) groups is 1. The van der Waals surface area contributed by atoms with Gasteiger partial charge in [0, 0.05) is 44.3 Å². The largest absolute Gasteiger partial charge is 0.420 e. The number of allylic oxidation sites excluding steroid dienone is 2. The van der Waals surface area contributed by atoms with Crippen LogP contribution in [-0.4, -0.2) is 206 Å². The Morgan fingerprint density at radius 1 is 0.684 bits per heavy atom. The van der Waals surface area contributed by atoms with E-state index in [1.807, 2.05) is 13.8 Å². The summed E-state index contributed by atoms with van der Waals surface area (Å²) in [6.45, 7) is 11.4. The Hall–Kier alpha value is -4.76. The van der Waals surface area contributed by atoms with Crippen molar-refractivity contribution in [2.45, 2.75) is 57.3 Å². The summed E-state index contributed by atoms with van der Waals surface area (Å²) in [4.78, 5) is 44.7. The molecule has 1 aliphatic heterocycles. The topological polar surface area (TPSA) is 306 Å². The van der Waals surface area contributed by atoms with Gasteiger partial charge in [0.25, 0.3) is 5.91 Å². The normalized spacial score (nSPS) is 12.8. The first kappa shape index (κ1) is 67.3. The average molecular weight is 1120 g/mol. The van der Waals surface area contributed by atoms with Gasteiger partial charge in [-0.25, -0.2) is 18.8 Å². The molecule has 0 fully saturated rings. The summed E-state index contributed by atoms with van der Waals surface area (Å²) in [6, 6.07) is 0. The second-order valence-corrected chi connectivity index (χ2v) is 17.0. The Kier molecular flexibility index (Phi) is 36.6. The summed E-state index contributed by atoms with van der Waals surface area (Å²) < 4.78 is 145. The van der Waals surface area contributed by atoms with Gasteiger partial charge in [0.05, 0.1) is 151 Å². The van der Waals surface area contributed by atoms with E-state index in [-0.39, 0.29) is 70.1 Å². The maximum absolute atomic E-state index is 14.0. The summed E-state index contributed by atoms with van der Waals surface area (Å²) in [5, 5.41) is 15.2. The van der Waals surface area contributed by atoms with Crippen LogP contribution < -0.4 is 21.1 Å². The number of carbonyl (C=O) groups excluding carboxylic acids is 3. The average Bonchev–Trinajstić information content (AvgIpc) is 3.55. The first-order chi connectivity index (χ1) is 36.7. The van der Waals surface area contributed by atoms with E-state index < -0.39 is 56.4 Å². The summed E-state index contributed by atoms with van der Waals surface area (Å²) in [5.41, 5.74) is 7.31. The minimum Gasteiger partial charge on any atom is -0.420 e. The van der Waals surface area contributed by atoms with Crippen molar-refractivity contribution in [3.05, 3.63) is 46.3 Å². The van der Waals surface area contributed by atoms with Gasteiger partial charge in [0.2, 0.25) is 23.3 Å². The van der Waals surface area contributed by atoms with Crippen molar-refractivity contribution in [3.63, 3.8) is 0 Å². The highest BCUT2D eigenvalue weighted by Gasteiger charge is 2.34. The quantitative estimate of drug-likeness (QED) is 0.00916. The van der Waals surface area contributed by atoms with Gasteiger partial charge in [-0.15, -0.1) is 0 Å². The van der Waals surface area contributed by atoms with E-state index in [0.717, 1.165) is 12.6 Å². The van der Waals surface area contributed by atoms with Crippen molar-refractivity contribution in [3.8, 4) is 5.75 Å². The van der Waals surface area contributed by atoms with Crippen LogP contribution in [0.3, 0.4) is 0 Å². The third kappa shape index (κ3) is 29.1. The highest BCUT2D eigenvalue weighted by Crippen LogP contribution is 2.32. The van der Waals surface area contributed by atoms with Crippen LogP contribution in [0.25, 0.3) is 0 Å². The Balaban J connectivity index is 1.29. The first-order valence-corrected chi connectivity index (χ1v) is 26.1. The first-order valence-electron chi connectivity index (χ1n) is 24.7. The van der Waals surface area contributed by atoms with Crippen LogP contribution in [0.5, 0.6) is 5.75 Å². The fraction of sp³-hybridized carbons (Fsp3) is 0.681. The number of esters is 1. The molecular formula is C47H74F4N6O18S. The van der Waals surface area contributed by atoms with E-state index in [0.29, 0.717) is 149 Å². The van der Waals surface area contributed by atoms with Gasteiger partial charge in [-0.05, 0) is 32.3 Å². The van der Waals surface area contributed by atoms with Crippen molar-refractivity contribution in [1.82, 2.24) is 15.7 Å². The molecule has 29 heteroatoms. The van der Waals surface area contributed by atoms with E-state index in [4.69, 9.17) is 67.9 Å². The molecule has 1 aromatic rings. The second kappa shape index (κ2) is 41.4. The Bertz CT molecular complexity index is 2060. The van der Waals surface area contributed by atoms with Crippen LogP contribution in [0, 0.1) is 28.7 Å². The Morgan fingerprint density at radius 3 is 1.51 bits per heavy atom. The molecular weight excluding hydrogens is 1040 g/mol. The van der Waals surface area contributed by atoms with Crippen LogP contribution in [0.1, 0.15) is 52.4 Å². The highest BCUT2D eigenvalue weighted by atomic mass is 32.2. The fourth-order valence-corrected chi connectivity index (χ4v) is 6.78. The molecule has 0 atom stereocenters. The maximum Gasteiger partial charge on any atom is 0.313 e. The number of hydroxylamine groups is 2. The molecule has 1 aliphatic rings. The number of carbonyl (C=O) groups is 3. The van der Waals surface area contributed by atoms with Crippen molar-refractivity contribution >= 4 is 40.0 Å². The van der Waals surface area contributed by atoms with Gasteiger partial charge < -0.3 is 73.9 Å². The molecule has 24 nitrogen and oxygen atoms in total. The number of amidine groups is 1. The molecule has 2 rings (SSSR count). The lowest BCUT2D eigenvalue weighted by Gasteiger charge is -2.22. The number of unbranched alkanes of at least 4 members (excludes halogenated alkanes) is 1. The fourth-order valence-electron chi connectivity index (χ4n) is 6.14. The zero-order valence-electron chi connectivity index (χ0n) is 43.1. The zero-order chi connectivity index (χ0) is 55.8. The molecule has 0 saturated heterocycles. The maximum atomic E-state index is 14.0. The zero-order valence-corrected chi connectivity index (χ0v) is 44.0. The van der Waals surface area contributed by atoms with E-state index in [2.05, 4.69) is 20.4 Å². The summed E-state index contributed by atoms with van der Waals surface area (Å²) in [6.07, 6.45) is 4.69. The third-order valence-electron chi connectivity index (χ3n) is 9.75. The van der Waals surface area contributed by atoms with Crippen molar-refractivity contribution in [2.24, 2.45) is 10.7 Å². The van der Waals surface area contributed by atoms with Crippen LogP contribution in [0.4, 0.5) is 17.6 Å². The van der Waals surface area contributed by atoms with E-state index in [1.165, 1.54) is 5.06 Å². The minimum atomic E-state index is -5.65.